The highest BCUT2D eigenvalue weighted by Crippen LogP contribution is 2.16. The third-order valence-electron chi connectivity index (χ3n) is 2.78. The molecule has 21 heavy (non-hydrogen) atoms. The lowest BCUT2D eigenvalue weighted by atomic mass is 10.2. The van der Waals surface area contributed by atoms with Crippen LogP contribution >= 0.6 is 22.9 Å². The van der Waals surface area contributed by atoms with Crippen molar-refractivity contribution in [2.24, 2.45) is 0 Å². The van der Waals surface area contributed by atoms with Crippen LogP contribution in [-0.2, 0) is 6.54 Å². The van der Waals surface area contributed by atoms with Crippen molar-refractivity contribution in [2.45, 2.75) is 6.54 Å². The molecule has 1 amide bonds. The molecule has 0 bridgehead atoms. The Labute approximate surface area is 129 Å². The maximum Gasteiger partial charge on any atom is 0.282 e. The molecule has 0 aliphatic carbocycles. The van der Waals surface area contributed by atoms with Crippen LogP contribution in [0.25, 0.3) is 5.69 Å². The molecule has 106 valence electrons. The van der Waals surface area contributed by atoms with E-state index in [-0.39, 0.29) is 15.4 Å². The van der Waals surface area contributed by atoms with Gasteiger partial charge in [-0.3, -0.25) is 4.79 Å². The number of nitrogens with zero attached hydrogens (tertiary/aromatic N) is 4. The van der Waals surface area contributed by atoms with Gasteiger partial charge in [0.2, 0.25) is 9.47 Å². The van der Waals surface area contributed by atoms with Gasteiger partial charge in [-0.2, -0.15) is 5.10 Å². The van der Waals surface area contributed by atoms with E-state index in [0.29, 0.717) is 6.54 Å². The molecule has 2 heterocycles. The van der Waals surface area contributed by atoms with Crippen molar-refractivity contribution in [1.29, 1.82) is 0 Å². The summed E-state index contributed by atoms with van der Waals surface area (Å²) in [7, 11) is 0. The van der Waals surface area contributed by atoms with Gasteiger partial charge in [-0.15, -0.1) is 10.2 Å². The highest BCUT2D eigenvalue weighted by Gasteiger charge is 2.12. The van der Waals surface area contributed by atoms with E-state index in [1.54, 1.807) is 10.9 Å². The highest BCUT2D eigenvalue weighted by atomic mass is 35.5. The molecular formula is C13H10ClN5OS. The van der Waals surface area contributed by atoms with Crippen LogP contribution in [0.3, 0.4) is 0 Å². The molecule has 0 saturated heterocycles. The number of carbonyl (C=O) groups excluding carboxylic acids is 1. The second kappa shape index (κ2) is 6.02. The van der Waals surface area contributed by atoms with Crippen LogP contribution < -0.4 is 5.32 Å². The standard InChI is InChI=1S/C13H10ClN5OS/c14-13-18-17-12(21-13)11(20)15-8-9-4-1-2-5-10(9)19-7-3-6-16-19/h1-7H,8H2,(H,15,20). The molecule has 0 saturated carbocycles. The summed E-state index contributed by atoms with van der Waals surface area (Å²) in [4.78, 5) is 11.9. The molecule has 0 aliphatic rings. The fraction of sp³-hybridized carbons (Fsp3) is 0.0769. The van der Waals surface area contributed by atoms with Crippen molar-refractivity contribution in [2.75, 3.05) is 0 Å². The molecule has 1 N–H and O–H groups in total. The van der Waals surface area contributed by atoms with Crippen molar-refractivity contribution >= 4 is 28.8 Å². The molecule has 0 radical (unpaired) electrons. The number of rotatable bonds is 4. The lowest BCUT2D eigenvalue weighted by Crippen LogP contribution is -2.23. The fourth-order valence-electron chi connectivity index (χ4n) is 1.84. The zero-order valence-corrected chi connectivity index (χ0v) is 12.3. The second-order valence-electron chi connectivity index (χ2n) is 4.12. The number of hydrogen-bond acceptors (Lipinski definition) is 5. The highest BCUT2D eigenvalue weighted by molar-refractivity contribution is 7.17. The zero-order valence-electron chi connectivity index (χ0n) is 10.7. The third kappa shape index (κ3) is 3.09. The number of aromatic nitrogens is 4. The van der Waals surface area contributed by atoms with Crippen LogP contribution in [-0.4, -0.2) is 25.9 Å². The summed E-state index contributed by atoms with van der Waals surface area (Å²) >= 11 is 6.71. The molecule has 3 rings (SSSR count). The molecule has 0 aliphatic heterocycles. The van der Waals surface area contributed by atoms with Gasteiger partial charge >= 0.3 is 0 Å². The normalized spacial score (nSPS) is 10.5. The molecular weight excluding hydrogens is 310 g/mol. The Morgan fingerprint density at radius 2 is 2.14 bits per heavy atom. The van der Waals surface area contributed by atoms with Gasteiger partial charge in [0.1, 0.15) is 0 Å². The van der Waals surface area contributed by atoms with Crippen LogP contribution in [0.4, 0.5) is 0 Å². The summed E-state index contributed by atoms with van der Waals surface area (Å²) in [6, 6.07) is 9.56. The van der Waals surface area contributed by atoms with Crippen molar-refractivity contribution in [3.63, 3.8) is 0 Å². The van der Waals surface area contributed by atoms with E-state index in [2.05, 4.69) is 20.6 Å². The van der Waals surface area contributed by atoms with Gasteiger partial charge in [0.15, 0.2) is 0 Å². The molecule has 6 nitrogen and oxygen atoms in total. The minimum Gasteiger partial charge on any atom is -0.346 e. The Bertz CT molecular complexity index is 756. The van der Waals surface area contributed by atoms with Crippen LogP contribution in [0.2, 0.25) is 4.47 Å². The van der Waals surface area contributed by atoms with Gasteiger partial charge in [0, 0.05) is 18.9 Å². The lowest BCUT2D eigenvalue weighted by molar-refractivity contribution is 0.0950. The maximum atomic E-state index is 11.9. The third-order valence-corrected chi connectivity index (χ3v) is 3.79. The van der Waals surface area contributed by atoms with Gasteiger partial charge < -0.3 is 5.32 Å². The van der Waals surface area contributed by atoms with Gasteiger partial charge in [-0.25, -0.2) is 4.68 Å². The minimum absolute atomic E-state index is 0.247. The Balaban J connectivity index is 1.75. The molecule has 3 aromatic rings. The number of carbonyl (C=O) groups is 1. The molecule has 0 fully saturated rings. The van der Waals surface area contributed by atoms with Gasteiger partial charge in [0.25, 0.3) is 5.91 Å². The average molecular weight is 320 g/mol. The first kappa shape index (κ1) is 13.7. The van der Waals surface area contributed by atoms with Crippen molar-refractivity contribution in [3.05, 3.63) is 57.8 Å². The Hall–Kier alpha value is -2.25. The largest absolute Gasteiger partial charge is 0.346 e. The smallest absolute Gasteiger partial charge is 0.282 e. The fourth-order valence-corrected chi connectivity index (χ4v) is 2.59. The van der Waals surface area contributed by atoms with E-state index < -0.39 is 0 Å². The number of benzene rings is 1. The average Bonchev–Trinajstić information content (AvgIpc) is 3.16. The monoisotopic (exact) mass is 319 g/mol. The first-order valence-corrected chi connectivity index (χ1v) is 7.28. The number of nitrogens with one attached hydrogen (secondary N) is 1. The van der Waals surface area contributed by atoms with Crippen molar-refractivity contribution in [3.8, 4) is 5.69 Å². The molecule has 0 spiro atoms. The lowest BCUT2D eigenvalue weighted by Gasteiger charge is -2.09. The summed E-state index contributed by atoms with van der Waals surface area (Å²) in [5.41, 5.74) is 1.86. The number of para-hydroxylation sites is 1. The first-order valence-electron chi connectivity index (χ1n) is 6.09. The summed E-state index contributed by atoms with van der Waals surface area (Å²) in [5.74, 6) is -0.297. The predicted octanol–water partition coefficient (Wildman–Crippen LogP) is 2.31. The second-order valence-corrected chi connectivity index (χ2v) is 5.68. The summed E-state index contributed by atoms with van der Waals surface area (Å²) in [5, 5.41) is 14.6. The topological polar surface area (TPSA) is 72.7 Å². The molecule has 0 atom stereocenters. The van der Waals surface area contributed by atoms with Gasteiger partial charge in [-0.1, -0.05) is 29.5 Å². The Morgan fingerprint density at radius 3 is 2.86 bits per heavy atom. The minimum atomic E-state index is -0.297. The zero-order chi connectivity index (χ0) is 14.7. The Morgan fingerprint density at radius 1 is 1.29 bits per heavy atom. The van der Waals surface area contributed by atoms with Crippen molar-refractivity contribution in [1.82, 2.24) is 25.3 Å². The molecule has 2 aromatic heterocycles. The van der Waals surface area contributed by atoms with E-state index in [0.717, 1.165) is 22.6 Å². The summed E-state index contributed by atoms with van der Waals surface area (Å²) in [6.45, 7) is 0.367. The number of halogens is 1. The number of amides is 1. The maximum absolute atomic E-state index is 11.9. The first-order chi connectivity index (χ1) is 10.2. The quantitative estimate of drug-likeness (QED) is 0.801. The predicted molar refractivity (Wildman–Crippen MR) is 79.7 cm³/mol. The SMILES string of the molecule is O=C(NCc1ccccc1-n1cccn1)c1nnc(Cl)s1. The molecule has 1 aromatic carbocycles. The van der Waals surface area contributed by atoms with E-state index in [1.807, 2.05) is 36.5 Å². The van der Waals surface area contributed by atoms with Crippen LogP contribution in [0.1, 0.15) is 15.4 Å². The van der Waals surface area contributed by atoms with Crippen LogP contribution in [0, 0.1) is 0 Å². The summed E-state index contributed by atoms with van der Waals surface area (Å²) in [6.07, 6.45) is 3.56. The van der Waals surface area contributed by atoms with E-state index >= 15 is 0 Å². The van der Waals surface area contributed by atoms with E-state index in [9.17, 15) is 4.79 Å². The number of hydrogen-bond donors (Lipinski definition) is 1. The van der Waals surface area contributed by atoms with Crippen molar-refractivity contribution < 1.29 is 4.79 Å². The van der Waals surface area contributed by atoms with Gasteiger partial charge in [-0.05, 0) is 29.3 Å². The van der Waals surface area contributed by atoms with Gasteiger partial charge in [0.05, 0.1) is 5.69 Å². The van der Waals surface area contributed by atoms with Crippen LogP contribution in [0.15, 0.2) is 42.7 Å². The van der Waals surface area contributed by atoms with E-state index in [4.69, 9.17) is 11.6 Å². The van der Waals surface area contributed by atoms with E-state index in [1.165, 1.54) is 0 Å². The molecule has 0 unspecified atom stereocenters. The molecule has 8 heteroatoms. The Kier molecular flexibility index (Phi) is 3.94. The summed E-state index contributed by atoms with van der Waals surface area (Å²) < 4.78 is 2.00. The van der Waals surface area contributed by atoms with Crippen LogP contribution in [0.5, 0.6) is 0 Å².